The number of benzene rings is 1. The highest BCUT2D eigenvalue weighted by Crippen LogP contribution is 2.50. The van der Waals surface area contributed by atoms with Gasteiger partial charge in [0.25, 0.3) is 0 Å². The quantitative estimate of drug-likeness (QED) is 0.881. The molecule has 6 heteroatoms. The number of amides is 1. The summed E-state index contributed by atoms with van der Waals surface area (Å²) in [6.07, 6.45) is 6.86. The van der Waals surface area contributed by atoms with Gasteiger partial charge in [-0.3, -0.25) is 9.69 Å². The molecule has 2 N–H and O–H groups in total. The molecule has 0 bridgehead atoms. The van der Waals surface area contributed by atoms with Crippen LogP contribution in [0.15, 0.2) is 40.9 Å². The first kappa shape index (κ1) is 18.0. The molecule has 1 amide bonds. The van der Waals surface area contributed by atoms with Crippen LogP contribution in [-0.4, -0.2) is 29.4 Å². The Morgan fingerprint density at radius 3 is 2.43 bits per heavy atom. The Morgan fingerprint density at radius 2 is 1.86 bits per heavy atom. The molecule has 0 saturated heterocycles. The van der Waals surface area contributed by atoms with Gasteiger partial charge in [0.2, 0.25) is 5.91 Å². The van der Waals surface area contributed by atoms with E-state index in [1.807, 2.05) is 13.0 Å². The van der Waals surface area contributed by atoms with Crippen LogP contribution in [-0.2, 0) is 4.79 Å². The van der Waals surface area contributed by atoms with Gasteiger partial charge in [0.15, 0.2) is 5.96 Å². The zero-order chi connectivity index (χ0) is 20.1. The first-order valence-corrected chi connectivity index (χ1v) is 9.37. The number of carbonyl (C=O) groups is 1. The fourth-order valence-corrected chi connectivity index (χ4v) is 4.31. The van der Waals surface area contributed by atoms with Gasteiger partial charge >= 0.3 is 0 Å². The molecule has 0 aromatic heterocycles. The summed E-state index contributed by atoms with van der Waals surface area (Å²) in [5, 5.41) is 18.5. The number of nitrogens with zero attached hydrogens (tertiary/aromatic N) is 4. The third kappa shape index (κ3) is 2.78. The van der Waals surface area contributed by atoms with E-state index in [1.165, 1.54) is 4.90 Å². The van der Waals surface area contributed by atoms with Crippen molar-refractivity contribution in [3.8, 4) is 12.1 Å². The van der Waals surface area contributed by atoms with E-state index in [4.69, 9.17) is 10.7 Å². The maximum absolute atomic E-state index is 13.0. The van der Waals surface area contributed by atoms with E-state index in [2.05, 4.69) is 18.2 Å². The van der Waals surface area contributed by atoms with Crippen molar-refractivity contribution in [1.29, 1.82) is 10.5 Å². The van der Waals surface area contributed by atoms with Gasteiger partial charge < -0.3 is 5.73 Å². The van der Waals surface area contributed by atoms with Gasteiger partial charge in [0.05, 0.1) is 34.7 Å². The maximum atomic E-state index is 13.0. The minimum absolute atomic E-state index is 0.0325. The Labute approximate surface area is 164 Å². The number of hydrogen-bond donors (Lipinski definition) is 1. The van der Waals surface area contributed by atoms with Gasteiger partial charge in [0.1, 0.15) is 0 Å². The Kier molecular flexibility index (Phi) is 4.08. The molecule has 4 rings (SSSR count). The third-order valence-electron chi connectivity index (χ3n) is 6.03. The van der Waals surface area contributed by atoms with Crippen molar-refractivity contribution in [1.82, 2.24) is 4.90 Å². The van der Waals surface area contributed by atoms with Gasteiger partial charge in [-0.05, 0) is 67.0 Å². The number of nitrogens with two attached hydrogens (primary N) is 1. The average Bonchev–Trinajstić information content (AvgIpc) is 3.38. The summed E-state index contributed by atoms with van der Waals surface area (Å²) in [6, 6.07) is 9.36. The maximum Gasteiger partial charge on any atom is 0.235 e. The summed E-state index contributed by atoms with van der Waals surface area (Å²) in [7, 11) is 1.68. The Bertz CT molecular complexity index is 1020. The molecule has 28 heavy (non-hydrogen) atoms. The van der Waals surface area contributed by atoms with Crippen LogP contribution in [0.2, 0.25) is 0 Å². The van der Waals surface area contributed by atoms with Crippen LogP contribution < -0.4 is 5.73 Å². The van der Waals surface area contributed by atoms with Crippen LogP contribution in [0.3, 0.4) is 0 Å². The predicted molar refractivity (Wildman–Crippen MR) is 106 cm³/mol. The molecule has 2 aliphatic carbocycles. The van der Waals surface area contributed by atoms with Crippen molar-refractivity contribution >= 4 is 17.4 Å². The lowest BCUT2D eigenvalue weighted by molar-refractivity contribution is -0.134. The minimum atomic E-state index is -0.669. The zero-order valence-corrected chi connectivity index (χ0v) is 15.9. The van der Waals surface area contributed by atoms with E-state index in [0.29, 0.717) is 23.5 Å². The van der Waals surface area contributed by atoms with E-state index in [0.717, 1.165) is 29.6 Å². The van der Waals surface area contributed by atoms with Gasteiger partial charge in [-0.25, -0.2) is 4.99 Å². The first-order valence-electron chi connectivity index (χ1n) is 9.37. The fraction of sp³-hybridized carbons (Fsp3) is 0.364. The second kappa shape index (κ2) is 6.35. The Hall–Kier alpha value is -3.38. The van der Waals surface area contributed by atoms with Crippen molar-refractivity contribution in [3.63, 3.8) is 0 Å². The van der Waals surface area contributed by atoms with Crippen molar-refractivity contribution in [3.05, 3.63) is 52.6 Å². The summed E-state index contributed by atoms with van der Waals surface area (Å²) in [5.74, 6) is 0.417. The largest absolute Gasteiger partial charge is 0.369 e. The number of nitriles is 2. The smallest absolute Gasteiger partial charge is 0.235 e. The molecule has 6 nitrogen and oxygen atoms in total. The molecular formula is C22H21N5O. The van der Waals surface area contributed by atoms with Crippen LogP contribution in [0.25, 0.3) is 5.57 Å². The minimum Gasteiger partial charge on any atom is -0.369 e. The second-order valence-corrected chi connectivity index (χ2v) is 7.89. The van der Waals surface area contributed by atoms with Crippen LogP contribution in [0.4, 0.5) is 0 Å². The topological polar surface area (TPSA) is 106 Å². The van der Waals surface area contributed by atoms with E-state index in [1.54, 1.807) is 25.2 Å². The van der Waals surface area contributed by atoms with E-state index < -0.39 is 5.54 Å². The summed E-state index contributed by atoms with van der Waals surface area (Å²) in [6.45, 7) is 2.00. The molecule has 2 atom stereocenters. The lowest BCUT2D eigenvalue weighted by atomic mass is 9.74. The number of aliphatic imine (C=N–C) groups is 1. The number of rotatable bonds is 3. The highest BCUT2D eigenvalue weighted by molar-refractivity contribution is 6.01. The summed E-state index contributed by atoms with van der Waals surface area (Å²) in [4.78, 5) is 19.2. The highest BCUT2D eigenvalue weighted by Gasteiger charge is 2.53. The molecule has 0 spiro atoms. The molecule has 0 unspecified atom stereocenters. The summed E-state index contributed by atoms with van der Waals surface area (Å²) < 4.78 is 0. The molecule has 1 heterocycles. The van der Waals surface area contributed by atoms with Crippen LogP contribution in [0.1, 0.15) is 42.9 Å². The number of carbonyl (C=O) groups excluding carboxylic acids is 1. The van der Waals surface area contributed by atoms with Crippen molar-refractivity contribution in [2.75, 3.05) is 7.05 Å². The van der Waals surface area contributed by atoms with Crippen molar-refractivity contribution < 1.29 is 4.79 Å². The number of allylic oxidation sites excluding steroid dienone is 3. The monoisotopic (exact) mass is 371 g/mol. The van der Waals surface area contributed by atoms with Gasteiger partial charge in [-0.15, -0.1) is 0 Å². The highest BCUT2D eigenvalue weighted by atomic mass is 16.2. The molecule has 1 fully saturated rings. The van der Waals surface area contributed by atoms with Crippen molar-refractivity contribution in [2.24, 2.45) is 22.6 Å². The van der Waals surface area contributed by atoms with Crippen LogP contribution in [0, 0.1) is 34.5 Å². The van der Waals surface area contributed by atoms with Crippen LogP contribution >= 0.6 is 0 Å². The summed E-state index contributed by atoms with van der Waals surface area (Å²) >= 11 is 0. The second-order valence-electron chi connectivity index (χ2n) is 7.89. The molecule has 1 saturated carbocycles. The average molecular weight is 371 g/mol. The van der Waals surface area contributed by atoms with Gasteiger partial charge in [-0.2, -0.15) is 10.5 Å². The molecule has 0 radical (unpaired) electrons. The number of guanidine groups is 1. The normalized spacial score (nSPS) is 26.9. The lowest BCUT2D eigenvalue weighted by Crippen LogP contribution is -2.56. The van der Waals surface area contributed by atoms with Gasteiger partial charge in [-0.1, -0.05) is 12.2 Å². The van der Waals surface area contributed by atoms with Crippen LogP contribution in [0.5, 0.6) is 0 Å². The standard InChI is InChI=1S/C22H21N5O/c1-22(19(15-3-4-15)20(28)27(2)21(25)26-22)18-6-5-16(10-18)17-8-13(11-23)7-14(9-17)12-24/h5,7-10,15,19H,3-4,6H2,1-2H3,(H2,25,26)/t19-,22-/m1/s1. The van der Waals surface area contributed by atoms with E-state index >= 15 is 0 Å². The molecule has 1 aromatic rings. The lowest BCUT2D eigenvalue weighted by Gasteiger charge is -2.41. The molecule has 140 valence electrons. The molecule has 1 aliphatic heterocycles. The first-order chi connectivity index (χ1) is 13.4. The van der Waals surface area contributed by atoms with E-state index in [-0.39, 0.29) is 17.8 Å². The Morgan fingerprint density at radius 1 is 1.21 bits per heavy atom. The van der Waals surface area contributed by atoms with E-state index in [9.17, 15) is 15.3 Å². The molecular weight excluding hydrogens is 350 g/mol. The fourth-order valence-electron chi connectivity index (χ4n) is 4.31. The molecule has 1 aromatic carbocycles. The summed E-state index contributed by atoms with van der Waals surface area (Å²) in [5.41, 5.74) is 9.11. The Balaban J connectivity index is 1.74. The molecule has 3 aliphatic rings. The number of hydrogen-bond acceptors (Lipinski definition) is 5. The SMILES string of the molecule is CN1C(=O)[C@@H](C2CC2)[C@@](C)(C2=CC(c3cc(C#N)cc(C#N)c3)=CC2)N=C1N. The predicted octanol–water partition coefficient (Wildman–Crippen LogP) is 2.72. The third-order valence-corrected chi connectivity index (χ3v) is 6.03. The van der Waals surface area contributed by atoms with Gasteiger partial charge in [0, 0.05) is 7.05 Å². The zero-order valence-electron chi connectivity index (χ0n) is 15.9. The van der Waals surface area contributed by atoms with Crippen molar-refractivity contribution in [2.45, 2.75) is 31.7 Å².